The van der Waals surface area contributed by atoms with Crippen LogP contribution in [0, 0.1) is 5.82 Å². The van der Waals surface area contributed by atoms with Gasteiger partial charge in [0.25, 0.3) is 0 Å². The van der Waals surface area contributed by atoms with E-state index in [9.17, 15) is 9.18 Å². The summed E-state index contributed by atoms with van der Waals surface area (Å²) in [6.07, 6.45) is 0.611. The maximum absolute atomic E-state index is 13.5. The van der Waals surface area contributed by atoms with E-state index in [4.69, 9.17) is 4.74 Å². The number of carbonyl (C=O) groups excluding carboxylic acids is 1. The quantitative estimate of drug-likeness (QED) is 0.609. The van der Waals surface area contributed by atoms with Gasteiger partial charge in [0, 0.05) is 23.2 Å². The number of halogens is 1. The van der Waals surface area contributed by atoms with Gasteiger partial charge in [0.15, 0.2) is 5.72 Å². The smallest absolute Gasteiger partial charge is 0.325 e. The van der Waals surface area contributed by atoms with Crippen LogP contribution in [0.4, 0.5) is 14.9 Å². The molecule has 0 spiro atoms. The average Bonchev–Trinajstić information content (AvgIpc) is 2.60. The van der Waals surface area contributed by atoms with E-state index in [2.05, 4.69) is 59.0 Å². The van der Waals surface area contributed by atoms with Crippen LogP contribution < -0.4 is 15.0 Å². The van der Waals surface area contributed by atoms with Crippen molar-refractivity contribution in [2.45, 2.75) is 77.5 Å². The van der Waals surface area contributed by atoms with Crippen LogP contribution in [0.5, 0.6) is 5.75 Å². The van der Waals surface area contributed by atoms with Crippen molar-refractivity contribution in [3.05, 3.63) is 58.9 Å². The molecule has 2 atom stereocenters. The monoisotopic (exact) mass is 410 g/mol. The van der Waals surface area contributed by atoms with Crippen molar-refractivity contribution in [3.8, 4) is 5.75 Å². The fourth-order valence-corrected chi connectivity index (χ4v) is 4.44. The number of hydrogen-bond donors (Lipinski definition) is 1. The highest BCUT2D eigenvalue weighted by Crippen LogP contribution is 2.50. The Bertz CT molecular complexity index is 1000. The Kier molecular flexibility index (Phi) is 4.46. The summed E-state index contributed by atoms with van der Waals surface area (Å²) in [5, 5.41) is 3.16. The maximum Gasteiger partial charge on any atom is 0.325 e. The molecule has 4 rings (SSSR count). The summed E-state index contributed by atoms with van der Waals surface area (Å²) in [5.74, 6) is 0.514. The number of urea groups is 1. The summed E-state index contributed by atoms with van der Waals surface area (Å²) in [6.45, 7) is 15.1. The Morgan fingerprint density at radius 2 is 1.70 bits per heavy atom. The lowest BCUT2D eigenvalue weighted by molar-refractivity contribution is 0.0358. The Labute approximate surface area is 178 Å². The largest absolute Gasteiger partial charge is 0.467 e. The summed E-state index contributed by atoms with van der Waals surface area (Å²) in [5.41, 5.74) is 3.01. The van der Waals surface area contributed by atoms with E-state index in [1.54, 1.807) is 17.0 Å². The lowest BCUT2D eigenvalue weighted by Gasteiger charge is -2.51. The predicted octanol–water partition coefficient (Wildman–Crippen LogP) is 6.19. The Morgan fingerprint density at radius 1 is 1.07 bits per heavy atom. The van der Waals surface area contributed by atoms with Gasteiger partial charge in [-0.3, -0.25) is 4.90 Å². The van der Waals surface area contributed by atoms with Gasteiger partial charge in [0.2, 0.25) is 0 Å². The summed E-state index contributed by atoms with van der Waals surface area (Å²) in [6, 6.07) is 10.0. The van der Waals surface area contributed by atoms with E-state index in [1.165, 1.54) is 17.7 Å². The molecular weight excluding hydrogens is 379 g/mol. The second kappa shape index (κ2) is 6.47. The number of hydrogen-bond acceptors (Lipinski definition) is 2. The third kappa shape index (κ3) is 3.34. The molecule has 0 radical (unpaired) electrons. The fourth-order valence-electron chi connectivity index (χ4n) is 4.44. The molecule has 1 N–H and O–H groups in total. The van der Waals surface area contributed by atoms with Crippen molar-refractivity contribution >= 4 is 11.7 Å². The van der Waals surface area contributed by atoms with Crippen molar-refractivity contribution in [2.75, 3.05) is 4.90 Å². The predicted molar refractivity (Wildman–Crippen MR) is 118 cm³/mol. The van der Waals surface area contributed by atoms with Gasteiger partial charge in [-0.25, -0.2) is 9.18 Å². The number of nitrogens with zero attached hydrogens (tertiary/aromatic N) is 1. The number of anilines is 1. The third-order valence-corrected chi connectivity index (χ3v) is 6.13. The number of benzene rings is 2. The second-order valence-electron chi connectivity index (χ2n) is 10.7. The lowest BCUT2D eigenvalue weighted by Crippen LogP contribution is -2.65. The van der Waals surface area contributed by atoms with E-state index in [0.29, 0.717) is 12.1 Å². The van der Waals surface area contributed by atoms with E-state index in [-0.39, 0.29) is 28.7 Å². The highest BCUT2D eigenvalue weighted by Gasteiger charge is 2.51. The topological polar surface area (TPSA) is 41.6 Å². The average molecular weight is 411 g/mol. The van der Waals surface area contributed by atoms with Crippen LogP contribution in [0.2, 0.25) is 0 Å². The second-order valence-corrected chi connectivity index (χ2v) is 10.7. The third-order valence-electron chi connectivity index (χ3n) is 6.13. The summed E-state index contributed by atoms with van der Waals surface area (Å²) in [7, 11) is 0. The number of nitrogens with one attached hydrogen (secondary N) is 1. The minimum absolute atomic E-state index is 0.0192. The summed E-state index contributed by atoms with van der Waals surface area (Å²) in [4.78, 5) is 14.7. The highest BCUT2D eigenvalue weighted by molar-refractivity contribution is 5.95. The molecule has 0 saturated carbocycles. The standard InChI is InChI=1S/C25H31FN2O2/c1-23(2,3)15-12-18-20-14-25(7,30-21(18)19(13-15)24(4,5)6)28(22(29)27-20)17-10-8-16(26)9-11-17/h8-13,20H,14H2,1-7H3,(H,27,29)/t20-,25+/m1/s1. The number of carbonyl (C=O) groups is 1. The molecule has 0 unspecified atom stereocenters. The minimum atomic E-state index is -0.860. The molecule has 2 bridgehead atoms. The lowest BCUT2D eigenvalue weighted by atomic mass is 9.76. The zero-order valence-electron chi connectivity index (χ0n) is 18.9. The molecule has 0 aliphatic carbocycles. The van der Waals surface area contributed by atoms with E-state index in [1.807, 2.05) is 6.92 Å². The SMILES string of the molecule is CC(C)(C)c1cc2c(c(C(C)(C)C)c1)O[C@@]1(C)C[C@H]2NC(=O)N1c1ccc(F)cc1. The van der Waals surface area contributed by atoms with E-state index in [0.717, 1.165) is 16.9 Å². The normalized spacial score (nSPS) is 23.5. The van der Waals surface area contributed by atoms with E-state index >= 15 is 0 Å². The highest BCUT2D eigenvalue weighted by atomic mass is 19.1. The minimum Gasteiger partial charge on any atom is -0.467 e. The Balaban J connectivity index is 1.88. The first-order valence-corrected chi connectivity index (χ1v) is 10.5. The molecule has 1 fully saturated rings. The molecule has 4 nitrogen and oxygen atoms in total. The van der Waals surface area contributed by atoms with Crippen molar-refractivity contribution in [2.24, 2.45) is 0 Å². The molecule has 2 aromatic carbocycles. The molecule has 2 aliphatic rings. The summed E-state index contributed by atoms with van der Waals surface area (Å²) < 4.78 is 20.1. The molecule has 2 aromatic rings. The van der Waals surface area contributed by atoms with Crippen LogP contribution in [0.1, 0.15) is 77.6 Å². The molecule has 0 aromatic heterocycles. The Hall–Kier alpha value is -2.56. The van der Waals surface area contributed by atoms with Crippen LogP contribution in [-0.4, -0.2) is 11.8 Å². The van der Waals surface area contributed by atoms with Crippen LogP contribution in [0.15, 0.2) is 36.4 Å². The van der Waals surface area contributed by atoms with Crippen LogP contribution in [0.3, 0.4) is 0 Å². The van der Waals surface area contributed by atoms with Gasteiger partial charge in [-0.15, -0.1) is 0 Å². The molecule has 2 amide bonds. The van der Waals surface area contributed by atoms with Crippen molar-refractivity contribution < 1.29 is 13.9 Å². The van der Waals surface area contributed by atoms with Crippen molar-refractivity contribution in [1.82, 2.24) is 5.32 Å². The fraction of sp³-hybridized carbons (Fsp3) is 0.480. The molecule has 30 heavy (non-hydrogen) atoms. The van der Waals surface area contributed by atoms with E-state index < -0.39 is 5.72 Å². The van der Waals surface area contributed by atoms with Gasteiger partial charge in [-0.2, -0.15) is 0 Å². The van der Waals surface area contributed by atoms with Crippen molar-refractivity contribution in [3.63, 3.8) is 0 Å². The molecule has 2 heterocycles. The molecule has 1 saturated heterocycles. The van der Waals surface area contributed by atoms with Gasteiger partial charge < -0.3 is 10.1 Å². The first-order valence-electron chi connectivity index (χ1n) is 10.5. The first kappa shape index (κ1) is 20.7. The molecule has 2 aliphatic heterocycles. The summed E-state index contributed by atoms with van der Waals surface area (Å²) >= 11 is 0. The van der Waals surface area contributed by atoms with Gasteiger partial charge in [0.1, 0.15) is 11.6 Å². The molecule has 5 heteroatoms. The number of ether oxygens (including phenoxy) is 1. The van der Waals surface area contributed by atoms with Gasteiger partial charge in [0.05, 0.1) is 6.04 Å². The zero-order valence-corrected chi connectivity index (χ0v) is 18.9. The Morgan fingerprint density at radius 3 is 2.27 bits per heavy atom. The van der Waals surface area contributed by atoms with Crippen molar-refractivity contribution in [1.29, 1.82) is 0 Å². The van der Waals surface area contributed by atoms with Gasteiger partial charge >= 0.3 is 6.03 Å². The molecular formula is C25H31FN2O2. The first-order chi connectivity index (χ1) is 13.8. The van der Waals surface area contributed by atoms with Crippen LogP contribution in [0.25, 0.3) is 0 Å². The zero-order chi connectivity index (χ0) is 22.1. The molecule has 160 valence electrons. The van der Waals surface area contributed by atoms with Gasteiger partial charge in [-0.05, 0) is 53.6 Å². The van der Waals surface area contributed by atoms with Crippen LogP contribution in [-0.2, 0) is 10.8 Å². The number of amides is 2. The maximum atomic E-state index is 13.5. The number of rotatable bonds is 1. The number of fused-ring (bicyclic) bond motifs is 4. The van der Waals surface area contributed by atoms with Crippen LogP contribution >= 0.6 is 0 Å². The van der Waals surface area contributed by atoms with Gasteiger partial charge in [-0.1, -0.05) is 47.6 Å².